The third-order valence-corrected chi connectivity index (χ3v) is 5.89. The maximum Gasteiger partial charge on any atom is 0.471 e. The van der Waals surface area contributed by atoms with Crippen molar-refractivity contribution in [2.75, 3.05) is 18.0 Å². The molecule has 0 aliphatic carbocycles. The number of pyridine rings is 1. The highest BCUT2D eigenvalue weighted by molar-refractivity contribution is 5.56. The van der Waals surface area contributed by atoms with Gasteiger partial charge in [-0.25, -0.2) is 9.37 Å². The molecule has 1 fully saturated rings. The molecule has 6 nitrogen and oxygen atoms in total. The Labute approximate surface area is 174 Å². The summed E-state index contributed by atoms with van der Waals surface area (Å²) in [5, 5.41) is 3.37. The summed E-state index contributed by atoms with van der Waals surface area (Å²) in [6.07, 6.45) is -0.192. The Kier molecular flexibility index (Phi) is 4.60. The minimum Gasteiger partial charge on any atom is -0.484 e. The zero-order valence-electron chi connectivity index (χ0n) is 16.3. The molecule has 0 atom stereocenters. The number of hydrogen-bond acceptors (Lipinski definition) is 6. The molecule has 2 aliphatic heterocycles. The van der Waals surface area contributed by atoms with Gasteiger partial charge in [0.2, 0.25) is 5.82 Å². The Bertz CT molecular complexity index is 1090. The third-order valence-electron chi connectivity index (χ3n) is 5.89. The summed E-state index contributed by atoms with van der Waals surface area (Å²) >= 11 is 0. The second-order valence-electron chi connectivity index (χ2n) is 7.83. The Hall–Kier alpha value is -3.17. The average molecular weight is 434 g/mol. The van der Waals surface area contributed by atoms with Crippen molar-refractivity contribution in [3.05, 3.63) is 53.8 Å². The third kappa shape index (κ3) is 3.70. The highest BCUT2D eigenvalue weighted by Gasteiger charge is 2.41. The summed E-state index contributed by atoms with van der Waals surface area (Å²) in [5.41, 5.74) is 0.851. The van der Waals surface area contributed by atoms with Crippen LogP contribution in [-0.2, 0) is 12.6 Å². The molecular weight excluding hydrogens is 416 g/mol. The van der Waals surface area contributed by atoms with Crippen LogP contribution in [0.5, 0.6) is 5.75 Å². The van der Waals surface area contributed by atoms with Crippen LogP contribution in [0.1, 0.15) is 30.7 Å². The molecule has 162 valence electrons. The first-order valence-corrected chi connectivity index (χ1v) is 9.92. The number of benzene rings is 1. The van der Waals surface area contributed by atoms with E-state index in [1.807, 2.05) is 6.07 Å². The van der Waals surface area contributed by atoms with Crippen molar-refractivity contribution in [2.45, 2.75) is 37.5 Å². The first-order chi connectivity index (χ1) is 14.8. The van der Waals surface area contributed by atoms with Gasteiger partial charge in [0.05, 0.1) is 0 Å². The van der Waals surface area contributed by atoms with E-state index >= 15 is 0 Å². The molecule has 0 amide bonds. The van der Waals surface area contributed by atoms with E-state index in [1.165, 1.54) is 12.3 Å². The van der Waals surface area contributed by atoms with Crippen LogP contribution in [0, 0.1) is 5.82 Å². The van der Waals surface area contributed by atoms with Crippen LogP contribution in [0.25, 0.3) is 11.4 Å². The summed E-state index contributed by atoms with van der Waals surface area (Å²) in [6.45, 7) is 1.35. The number of halogens is 4. The van der Waals surface area contributed by atoms with Gasteiger partial charge in [-0.15, -0.1) is 0 Å². The number of aryl methyl sites for hydroxylation is 1. The molecule has 0 unspecified atom stereocenters. The molecule has 2 aromatic heterocycles. The number of anilines is 1. The van der Waals surface area contributed by atoms with Gasteiger partial charge in [0, 0.05) is 37.7 Å². The van der Waals surface area contributed by atoms with Gasteiger partial charge in [-0.05, 0) is 36.6 Å². The van der Waals surface area contributed by atoms with Gasteiger partial charge in [0.1, 0.15) is 11.4 Å². The average Bonchev–Trinajstić information content (AvgIpc) is 3.26. The van der Waals surface area contributed by atoms with Gasteiger partial charge in [-0.3, -0.25) is 0 Å². The molecule has 0 N–H and O–H groups in total. The molecule has 0 bridgehead atoms. The zero-order valence-corrected chi connectivity index (χ0v) is 16.3. The molecule has 3 aromatic rings. The maximum absolute atomic E-state index is 14.2. The summed E-state index contributed by atoms with van der Waals surface area (Å²) in [7, 11) is 0. The topological polar surface area (TPSA) is 64.3 Å². The SMILES string of the molecule is Fc1cccc2c1OC1(CC2)CCN(c2ccc(-c3noc(C(F)(F)F)n3)cn2)CC1. The van der Waals surface area contributed by atoms with Gasteiger partial charge in [-0.1, -0.05) is 17.3 Å². The van der Waals surface area contributed by atoms with Crippen molar-refractivity contribution in [3.63, 3.8) is 0 Å². The molecule has 1 spiro atoms. The van der Waals surface area contributed by atoms with E-state index in [0.29, 0.717) is 30.2 Å². The quantitative estimate of drug-likeness (QED) is 0.547. The van der Waals surface area contributed by atoms with Crippen LogP contribution in [-0.4, -0.2) is 33.8 Å². The fourth-order valence-electron chi connectivity index (χ4n) is 4.15. The van der Waals surface area contributed by atoms with E-state index in [-0.39, 0.29) is 17.2 Å². The molecule has 1 saturated heterocycles. The number of alkyl halides is 3. The highest BCUT2D eigenvalue weighted by atomic mass is 19.4. The summed E-state index contributed by atoms with van der Waals surface area (Å²) < 4.78 is 62.5. The van der Waals surface area contributed by atoms with Gasteiger partial charge in [0.25, 0.3) is 0 Å². The van der Waals surface area contributed by atoms with E-state index in [2.05, 4.69) is 24.5 Å². The smallest absolute Gasteiger partial charge is 0.471 e. The number of hydrogen-bond donors (Lipinski definition) is 0. The number of rotatable bonds is 2. The lowest BCUT2D eigenvalue weighted by molar-refractivity contribution is -0.159. The van der Waals surface area contributed by atoms with E-state index in [0.717, 1.165) is 31.2 Å². The number of nitrogens with zero attached hydrogens (tertiary/aromatic N) is 4. The lowest BCUT2D eigenvalue weighted by Gasteiger charge is -2.45. The van der Waals surface area contributed by atoms with E-state index in [1.54, 1.807) is 18.2 Å². The van der Waals surface area contributed by atoms with Crippen LogP contribution < -0.4 is 9.64 Å². The van der Waals surface area contributed by atoms with Crippen LogP contribution in [0.15, 0.2) is 41.1 Å². The van der Waals surface area contributed by atoms with Crippen molar-refractivity contribution in [2.24, 2.45) is 0 Å². The Balaban J connectivity index is 1.26. The van der Waals surface area contributed by atoms with Gasteiger partial charge in [0.15, 0.2) is 11.6 Å². The van der Waals surface area contributed by atoms with E-state index in [9.17, 15) is 17.6 Å². The van der Waals surface area contributed by atoms with Gasteiger partial charge >= 0.3 is 12.1 Å². The number of ether oxygens (including phenoxy) is 1. The molecule has 10 heteroatoms. The fourth-order valence-corrected chi connectivity index (χ4v) is 4.15. The number of aromatic nitrogens is 3. The number of fused-ring (bicyclic) bond motifs is 1. The highest BCUT2D eigenvalue weighted by Crippen LogP contribution is 2.41. The van der Waals surface area contributed by atoms with Crippen LogP contribution in [0.2, 0.25) is 0 Å². The maximum atomic E-state index is 14.2. The zero-order chi connectivity index (χ0) is 21.6. The van der Waals surface area contributed by atoms with E-state index in [4.69, 9.17) is 4.74 Å². The first-order valence-electron chi connectivity index (χ1n) is 9.92. The van der Waals surface area contributed by atoms with Gasteiger partial charge in [-0.2, -0.15) is 18.2 Å². The summed E-state index contributed by atoms with van der Waals surface area (Å²) in [6, 6.07) is 8.34. The fraction of sp³-hybridized carbons (Fsp3) is 0.381. The number of piperidine rings is 1. The normalized spacial score (nSPS) is 18.0. The minimum absolute atomic E-state index is 0.166. The van der Waals surface area contributed by atoms with Crippen molar-refractivity contribution >= 4 is 5.82 Å². The van der Waals surface area contributed by atoms with Crippen molar-refractivity contribution in [1.29, 1.82) is 0 Å². The lowest BCUT2D eigenvalue weighted by Crippen LogP contribution is -2.50. The Morgan fingerprint density at radius 2 is 1.84 bits per heavy atom. The number of para-hydroxylation sites is 1. The second-order valence-corrected chi connectivity index (χ2v) is 7.83. The van der Waals surface area contributed by atoms with Gasteiger partial charge < -0.3 is 14.2 Å². The van der Waals surface area contributed by atoms with Crippen LogP contribution >= 0.6 is 0 Å². The molecule has 0 saturated carbocycles. The minimum atomic E-state index is -4.69. The lowest BCUT2D eigenvalue weighted by atomic mass is 9.83. The largest absolute Gasteiger partial charge is 0.484 e. The van der Waals surface area contributed by atoms with Crippen molar-refractivity contribution in [3.8, 4) is 17.1 Å². The molecule has 5 rings (SSSR count). The molecule has 31 heavy (non-hydrogen) atoms. The van der Waals surface area contributed by atoms with Crippen LogP contribution in [0.3, 0.4) is 0 Å². The standard InChI is InChI=1S/C21H18F4N4O2/c22-15-3-1-2-13-6-7-20(30-17(13)15)8-10-29(11-9-20)16-5-4-14(12-26-16)18-27-19(31-28-18)21(23,24)25/h1-5,12H,6-11H2. The summed E-state index contributed by atoms with van der Waals surface area (Å²) in [4.78, 5) is 9.80. The summed E-state index contributed by atoms with van der Waals surface area (Å²) in [5.74, 6) is -0.825. The van der Waals surface area contributed by atoms with Crippen molar-refractivity contribution < 1.29 is 26.8 Å². The predicted molar refractivity (Wildman–Crippen MR) is 102 cm³/mol. The first kappa shape index (κ1) is 19.8. The molecule has 0 radical (unpaired) electrons. The van der Waals surface area contributed by atoms with E-state index < -0.39 is 12.1 Å². The predicted octanol–water partition coefficient (Wildman–Crippen LogP) is 4.65. The Morgan fingerprint density at radius 3 is 2.52 bits per heavy atom. The molecule has 4 heterocycles. The van der Waals surface area contributed by atoms with Crippen molar-refractivity contribution in [1.82, 2.24) is 15.1 Å². The molecule has 1 aromatic carbocycles. The monoisotopic (exact) mass is 434 g/mol. The molecular formula is C21H18F4N4O2. The second kappa shape index (κ2) is 7.21. The van der Waals surface area contributed by atoms with Crippen LogP contribution in [0.4, 0.5) is 23.4 Å². The molecule has 2 aliphatic rings. The Morgan fingerprint density at radius 1 is 1.03 bits per heavy atom.